The van der Waals surface area contributed by atoms with E-state index in [2.05, 4.69) is 0 Å². The first-order chi connectivity index (χ1) is 9.75. The summed E-state index contributed by atoms with van der Waals surface area (Å²) >= 11 is 0. The molecule has 21 heavy (non-hydrogen) atoms. The Hall–Kier alpha value is -1.80. The molecule has 1 saturated heterocycles. The van der Waals surface area contributed by atoms with E-state index in [0.29, 0.717) is 0 Å². The lowest BCUT2D eigenvalue weighted by Gasteiger charge is -2.29. The van der Waals surface area contributed by atoms with E-state index in [9.17, 15) is 23.3 Å². The molecule has 2 rings (SSSR count). The van der Waals surface area contributed by atoms with Crippen molar-refractivity contribution >= 4 is 21.5 Å². The molecule has 7 nitrogen and oxygen atoms in total. The predicted molar refractivity (Wildman–Crippen MR) is 75.4 cm³/mol. The van der Waals surface area contributed by atoms with Gasteiger partial charge in [0, 0.05) is 37.1 Å². The molecule has 0 N–H and O–H groups in total. The fraction of sp³-hybridized carbons (Fsp3) is 0.462. The van der Waals surface area contributed by atoms with Crippen molar-refractivity contribution in [3.05, 3.63) is 33.9 Å². The Morgan fingerprint density at radius 3 is 2.62 bits per heavy atom. The zero-order valence-corrected chi connectivity index (χ0v) is 12.6. The monoisotopic (exact) mass is 312 g/mol. The van der Waals surface area contributed by atoms with Gasteiger partial charge in [0.1, 0.15) is 5.78 Å². The van der Waals surface area contributed by atoms with Crippen LogP contribution in [0.1, 0.15) is 18.9 Å². The van der Waals surface area contributed by atoms with Gasteiger partial charge in [-0.3, -0.25) is 14.9 Å². The third-order valence-electron chi connectivity index (χ3n) is 3.70. The van der Waals surface area contributed by atoms with E-state index in [4.69, 9.17) is 0 Å². The summed E-state index contributed by atoms with van der Waals surface area (Å²) in [5.74, 6) is -0.315. The number of nitro groups is 1. The minimum absolute atomic E-state index is 0.0391. The quantitative estimate of drug-likeness (QED) is 0.622. The molecule has 1 aliphatic heterocycles. The van der Waals surface area contributed by atoms with Crippen LogP contribution in [0.25, 0.3) is 0 Å². The highest BCUT2D eigenvalue weighted by Crippen LogP contribution is 2.28. The smallest absolute Gasteiger partial charge is 0.273 e. The molecular weight excluding hydrogens is 296 g/mol. The molecule has 0 radical (unpaired) electrons. The van der Waals surface area contributed by atoms with Crippen molar-refractivity contribution in [3.8, 4) is 0 Å². The number of hydrogen-bond acceptors (Lipinski definition) is 5. The highest BCUT2D eigenvalue weighted by Gasteiger charge is 2.34. The third kappa shape index (κ3) is 2.81. The number of hydrogen-bond donors (Lipinski definition) is 0. The van der Waals surface area contributed by atoms with Gasteiger partial charge in [0.15, 0.2) is 0 Å². The molecule has 1 atom stereocenters. The Labute approximate surface area is 122 Å². The standard InChI is InChI=1S/C13H16N2O5S/c1-9-8-14(7-6-12(9)16)21(19,20)13-5-3-4-11(10(13)2)15(17)18/h3-5,9H,6-8H2,1-2H3. The van der Waals surface area contributed by atoms with Gasteiger partial charge in [0.2, 0.25) is 10.0 Å². The van der Waals surface area contributed by atoms with Crippen molar-refractivity contribution in [3.63, 3.8) is 0 Å². The van der Waals surface area contributed by atoms with E-state index >= 15 is 0 Å². The highest BCUT2D eigenvalue weighted by molar-refractivity contribution is 7.89. The number of ketones is 1. The number of nitrogens with zero attached hydrogens (tertiary/aromatic N) is 2. The summed E-state index contributed by atoms with van der Waals surface area (Å²) in [7, 11) is -3.83. The number of Topliss-reactive ketones (excluding diaryl/α,β-unsaturated/α-hetero) is 1. The first-order valence-corrected chi connectivity index (χ1v) is 7.96. The van der Waals surface area contributed by atoms with Gasteiger partial charge in [-0.2, -0.15) is 4.31 Å². The molecule has 0 aliphatic carbocycles. The van der Waals surface area contributed by atoms with E-state index in [-0.39, 0.29) is 47.4 Å². The number of carbonyl (C=O) groups excluding carboxylic acids is 1. The molecule has 1 unspecified atom stereocenters. The predicted octanol–water partition coefficient (Wildman–Crippen LogP) is 1.50. The van der Waals surface area contributed by atoms with Crippen molar-refractivity contribution in [1.82, 2.24) is 4.31 Å². The SMILES string of the molecule is Cc1c([N+](=O)[O-])cccc1S(=O)(=O)N1CCC(=O)C(C)C1. The molecule has 0 amide bonds. The molecule has 114 valence electrons. The molecule has 1 fully saturated rings. The zero-order valence-electron chi connectivity index (χ0n) is 11.8. The van der Waals surface area contributed by atoms with Gasteiger partial charge in [-0.1, -0.05) is 13.0 Å². The second kappa shape index (κ2) is 5.53. The first-order valence-electron chi connectivity index (χ1n) is 6.52. The van der Waals surface area contributed by atoms with E-state index in [1.165, 1.54) is 29.4 Å². The minimum atomic E-state index is -3.83. The van der Waals surface area contributed by atoms with Crippen LogP contribution in [-0.2, 0) is 14.8 Å². The molecule has 0 spiro atoms. The van der Waals surface area contributed by atoms with Crippen LogP contribution in [0, 0.1) is 23.0 Å². The summed E-state index contributed by atoms with van der Waals surface area (Å²) in [5.41, 5.74) is -0.107. The van der Waals surface area contributed by atoms with Crippen LogP contribution in [0.15, 0.2) is 23.1 Å². The van der Waals surface area contributed by atoms with Crippen LogP contribution in [0.3, 0.4) is 0 Å². The summed E-state index contributed by atoms with van der Waals surface area (Å²) in [6, 6.07) is 3.99. The number of piperidine rings is 1. The Bertz CT molecular complexity index is 699. The Morgan fingerprint density at radius 2 is 2.05 bits per heavy atom. The van der Waals surface area contributed by atoms with Crippen molar-refractivity contribution < 1.29 is 18.1 Å². The molecule has 0 aromatic heterocycles. The summed E-state index contributed by atoms with van der Waals surface area (Å²) in [6.07, 6.45) is 0.175. The fourth-order valence-electron chi connectivity index (χ4n) is 2.42. The molecular formula is C13H16N2O5S. The van der Waals surface area contributed by atoms with Crippen LogP contribution >= 0.6 is 0 Å². The van der Waals surface area contributed by atoms with Crippen molar-refractivity contribution in [2.24, 2.45) is 5.92 Å². The number of rotatable bonds is 3. The summed E-state index contributed by atoms with van der Waals surface area (Å²) in [4.78, 5) is 21.8. The van der Waals surface area contributed by atoms with Gasteiger partial charge in [-0.15, -0.1) is 0 Å². The maximum Gasteiger partial charge on any atom is 0.273 e. The van der Waals surface area contributed by atoms with Crippen molar-refractivity contribution in [2.75, 3.05) is 13.1 Å². The van der Waals surface area contributed by atoms with E-state index in [0.717, 1.165) is 0 Å². The van der Waals surface area contributed by atoms with Crippen molar-refractivity contribution in [1.29, 1.82) is 0 Å². The van der Waals surface area contributed by atoms with E-state index < -0.39 is 14.9 Å². The largest absolute Gasteiger partial charge is 0.299 e. The normalized spacial score (nSPS) is 20.5. The van der Waals surface area contributed by atoms with E-state index in [1.54, 1.807) is 6.92 Å². The maximum atomic E-state index is 12.6. The molecule has 1 aromatic carbocycles. The summed E-state index contributed by atoms with van der Waals surface area (Å²) in [5, 5.41) is 10.9. The Balaban J connectivity index is 2.43. The molecule has 1 aliphatic rings. The zero-order chi connectivity index (χ0) is 15.8. The molecule has 1 heterocycles. The van der Waals surface area contributed by atoms with Gasteiger partial charge in [0.25, 0.3) is 5.69 Å². The van der Waals surface area contributed by atoms with Gasteiger partial charge in [0.05, 0.1) is 9.82 Å². The summed E-state index contributed by atoms with van der Waals surface area (Å²) < 4.78 is 26.5. The first kappa shape index (κ1) is 15.6. The third-order valence-corrected chi connectivity index (χ3v) is 5.71. The van der Waals surface area contributed by atoms with Gasteiger partial charge < -0.3 is 0 Å². The Kier molecular flexibility index (Phi) is 4.11. The van der Waals surface area contributed by atoms with Gasteiger partial charge in [-0.05, 0) is 13.0 Å². The molecule has 0 saturated carbocycles. The van der Waals surface area contributed by atoms with Crippen LogP contribution in [-0.4, -0.2) is 36.5 Å². The minimum Gasteiger partial charge on any atom is -0.299 e. The van der Waals surface area contributed by atoms with E-state index in [1.807, 2.05) is 0 Å². The second-order valence-corrected chi connectivity index (χ2v) is 7.04. The maximum absolute atomic E-state index is 12.6. The Morgan fingerprint density at radius 1 is 1.38 bits per heavy atom. The number of nitro benzene ring substituents is 1. The van der Waals surface area contributed by atoms with Crippen molar-refractivity contribution in [2.45, 2.75) is 25.2 Å². The summed E-state index contributed by atoms with van der Waals surface area (Å²) in [6.45, 7) is 3.34. The van der Waals surface area contributed by atoms with Crippen LogP contribution < -0.4 is 0 Å². The van der Waals surface area contributed by atoms with Gasteiger partial charge in [-0.25, -0.2) is 8.42 Å². The second-order valence-electron chi connectivity index (χ2n) is 5.14. The average molecular weight is 312 g/mol. The van der Waals surface area contributed by atoms with Crippen LogP contribution in [0.2, 0.25) is 0 Å². The molecule has 1 aromatic rings. The topological polar surface area (TPSA) is 97.6 Å². The molecule has 8 heteroatoms. The number of carbonyl (C=O) groups is 1. The number of sulfonamides is 1. The average Bonchev–Trinajstić information content (AvgIpc) is 2.41. The highest BCUT2D eigenvalue weighted by atomic mass is 32.2. The van der Waals surface area contributed by atoms with Gasteiger partial charge >= 0.3 is 0 Å². The van der Waals surface area contributed by atoms with Crippen LogP contribution in [0.4, 0.5) is 5.69 Å². The van der Waals surface area contributed by atoms with Crippen LogP contribution in [0.5, 0.6) is 0 Å². The lowest BCUT2D eigenvalue weighted by atomic mass is 10.0. The lowest BCUT2D eigenvalue weighted by Crippen LogP contribution is -2.43. The number of benzene rings is 1. The fourth-order valence-corrected chi connectivity index (χ4v) is 4.19. The molecule has 0 bridgehead atoms. The lowest BCUT2D eigenvalue weighted by molar-refractivity contribution is -0.385.